The molecule has 1 atom stereocenters. The van der Waals surface area contributed by atoms with Crippen LogP contribution in [0.1, 0.15) is 50.2 Å². The van der Waals surface area contributed by atoms with Crippen LogP contribution in [0.4, 0.5) is 16.2 Å². The number of hydrogen-bond donors (Lipinski definition) is 2. The van der Waals surface area contributed by atoms with Crippen molar-refractivity contribution in [3.8, 4) is 0 Å². The Balaban J connectivity index is 1.88. The number of rotatable bonds is 10. The monoisotopic (exact) mass is 436 g/mol. The Morgan fingerprint density at radius 3 is 2.38 bits per heavy atom. The second-order valence-corrected chi connectivity index (χ2v) is 8.76. The van der Waals surface area contributed by atoms with E-state index in [9.17, 15) is 9.59 Å². The van der Waals surface area contributed by atoms with E-state index < -0.39 is 0 Å². The summed E-state index contributed by atoms with van der Waals surface area (Å²) in [5.41, 5.74) is 3.87. The van der Waals surface area contributed by atoms with Crippen LogP contribution in [0.5, 0.6) is 0 Å². The Labute approximate surface area is 192 Å². The third-order valence-electron chi connectivity index (χ3n) is 5.91. The predicted molar refractivity (Wildman–Crippen MR) is 131 cm³/mol. The molecular weight excluding hydrogens is 400 g/mol. The molecule has 1 aliphatic carbocycles. The number of nitrogens with one attached hydrogen (secondary N) is 2. The van der Waals surface area contributed by atoms with Gasteiger partial charge in [0, 0.05) is 45.1 Å². The van der Waals surface area contributed by atoms with Gasteiger partial charge in [0.2, 0.25) is 5.91 Å². The maximum Gasteiger partial charge on any atom is 0.319 e. The molecule has 0 heterocycles. The van der Waals surface area contributed by atoms with Crippen molar-refractivity contribution in [2.45, 2.75) is 45.6 Å². The van der Waals surface area contributed by atoms with Gasteiger partial charge in [-0.3, -0.25) is 4.79 Å². The van der Waals surface area contributed by atoms with E-state index >= 15 is 0 Å². The highest BCUT2D eigenvalue weighted by Crippen LogP contribution is 2.33. The fourth-order valence-electron chi connectivity index (χ4n) is 4.07. The molecule has 1 fully saturated rings. The second-order valence-electron chi connectivity index (χ2n) is 8.76. The number of carbonyl (C=O) groups excluding carboxylic acids is 2. The number of urea groups is 1. The first kappa shape index (κ1) is 23.6. The van der Waals surface area contributed by atoms with Crippen LogP contribution in [-0.4, -0.2) is 44.0 Å². The van der Waals surface area contributed by atoms with E-state index in [1.54, 1.807) is 0 Å². The maximum atomic E-state index is 13.7. The fourth-order valence-corrected chi connectivity index (χ4v) is 4.07. The van der Waals surface area contributed by atoms with Crippen LogP contribution in [0.25, 0.3) is 0 Å². The van der Waals surface area contributed by atoms with Gasteiger partial charge >= 0.3 is 6.03 Å². The smallest absolute Gasteiger partial charge is 0.319 e. The summed E-state index contributed by atoms with van der Waals surface area (Å²) in [6, 6.07) is 15.7. The van der Waals surface area contributed by atoms with Crippen LogP contribution in [0, 0.1) is 5.92 Å². The molecule has 0 radical (unpaired) electrons. The molecule has 0 saturated heterocycles. The summed E-state index contributed by atoms with van der Waals surface area (Å²) in [6.07, 6.45) is 3.14. The quantitative estimate of drug-likeness (QED) is 0.561. The molecule has 1 unspecified atom stereocenters. The van der Waals surface area contributed by atoms with E-state index in [4.69, 9.17) is 0 Å². The zero-order valence-corrected chi connectivity index (χ0v) is 19.7. The van der Waals surface area contributed by atoms with Gasteiger partial charge < -0.3 is 20.4 Å². The van der Waals surface area contributed by atoms with Crippen LogP contribution >= 0.6 is 0 Å². The van der Waals surface area contributed by atoms with Crippen molar-refractivity contribution in [1.29, 1.82) is 0 Å². The molecule has 2 aromatic rings. The zero-order valence-electron chi connectivity index (χ0n) is 19.7. The van der Waals surface area contributed by atoms with Crippen LogP contribution in [-0.2, 0) is 11.3 Å². The first-order valence-corrected chi connectivity index (χ1v) is 11.6. The molecule has 172 valence electrons. The summed E-state index contributed by atoms with van der Waals surface area (Å²) in [6.45, 7) is 5.83. The van der Waals surface area contributed by atoms with Crippen molar-refractivity contribution in [2.75, 3.05) is 37.4 Å². The third kappa shape index (κ3) is 6.25. The number of carbonyl (C=O) groups is 2. The molecule has 1 saturated carbocycles. The van der Waals surface area contributed by atoms with Crippen molar-refractivity contribution in [2.24, 2.45) is 5.92 Å². The van der Waals surface area contributed by atoms with Crippen molar-refractivity contribution >= 4 is 23.3 Å². The van der Waals surface area contributed by atoms with Crippen molar-refractivity contribution < 1.29 is 9.59 Å². The number of benzene rings is 2. The molecule has 6 heteroatoms. The van der Waals surface area contributed by atoms with E-state index in [1.807, 2.05) is 74.4 Å². The number of amides is 3. The van der Waals surface area contributed by atoms with Crippen molar-refractivity contribution in [1.82, 2.24) is 10.2 Å². The minimum atomic E-state index is -0.225. The summed E-state index contributed by atoms with van der Waals surface area (Å²) in [7, 11) is 4.00. The zero-order chi connectivity index (χ0) is 23.1. The highest BCUT2D eigenvalue weighted by molar-refractivity contribution is 5.89. The molecule has 1 aliphatic rings. The lowest BCUT2D eigenvalue weighted by molar-refractivity contribution is -0.133. The van der Waals surface area contributed by atoms with Gasteiger partial charge in [-0.1, -0.05) is 37.3 Å². The van der Waals surface area contributed by atoms with Crippen molar-refractivity contribution in [3.63, 3.8) is 0 Å². The molecule has 3 amide bonds. The second kappa shape index (κ2) is 11.0. The summed E-state index contributed by atoms with van der Waals surface area (Å²) in [5.74, 6) is 0.624. The lowest BCUT2D eigenvalue weighted by atomic mass is 9.94. The molecule has 2 aromatic carbocycles. The van der Waals surface area contributed by atoms with E-state index in [0.717, 1.165) is 35.5 Å². The highest BCUT2D eigenvalue weighted by atomic mass is 16.2. The Bertz CT molecular complexity index is 909. The van der Waals surface area contributed by atoms with Gasteiger partial charge in [0.15, 0.2) is 0 Å². The molecule has 32 heavy (non-hydrogen) atoms. The molecule has 0 aliphatic heterocycles. The average Bonchev–Trinajstić information content (AvgIpc) is 3.59. The van der Waals surface area contributed by atoms with E-state index in [0.29, 0.717) is 19.0 Å². The molecule has 3 rings (SSSR count). The van der Waals surface area contributed by atoms with Gasteiger partial charge in [-0.2, -0.15) is 0 Å². The summed E-state index contributed by atoms with van der Waals surface area (Å²) >= 11 is 0. The Morgan fingerprint density at radius 1 is 1.06 bits per heavy atom. The predicted octanol–water partition coefficient (Wildman–Crippen LogP) is 4.83. The molecule has 0 spiro atoms. The Kier molecular flexibility index (Phi) is 8.14. The van der Waals surface area contributed by atoms with Gasteiger partial charge in [-0.15, -0.1) is 0 Å². The maximum absolute atomic E-state index is 13.7. The highest BCUT2D eigenvalue weighted by Gasteiger charge is 2.31. The molecule has 0 bridgehead atoms. The summed E-state index contributed by atoms with van der Waals surface area (Å²) in [5, 5.41) is 5.65. The van der Waals surface area contributed by atoms with Gasteiger partial charge in [-0.05, 0) is 61.4 Å². The number of nitrogens with zero attached hydrogens (tertiary/aromatic N) is 2. The molecular formula is C26H36N4O2. The molecule has 0 aromatic heterocycles. The average molecular weight is 437 g/mol. The summed E-state index contributed by atoms with van der Waals surface area (Å²) < 4.78 is 0. The Morgan fingerprint density at radius 2 is 1.78 bits per heavy atom. The van der Waals surface area contributed by atoms with E-state index in [-0.39, 0.29) is 17.9 Å². The molecule has 6 nitrogen and oxygen atoms in total. The van der Waals surface area contributed by atoms with Crippen molar-refractivity contribution in [3.05, 3.63) is 59.7 Å². The largest absolute Gasteiger partial charge is 0.377 e. The van der Waals surface area contributed by atoms with E-state index in [2.05, 4.69) is 22.5 Å². The SMILES string of the molecule is CCNC(=O)Nc1ccc(N(C)C)c(CN(CC2CC2)C(=O)C(CC)c2ccccc2)c1. The van der Waals surface area contributed by atoms with Crippen LogP contribution in [0.3, 0.4) is 0 Å². The first-order valence-electron chi connectivity index (χ1n) is 11.6. The van der Waals surface area contributed by atoms with Gasteiger partial charge in [0.1, 0.15) is 0 Å². The lowest BCUT2D eigenvalue weighted by Crippen LogP contribution is -2.36. The van der Waals surface area contributed by atoms with Crippen LogP contribution in [0.15, 0.2) is 48.5 Å². The normalized spacial score (nSPS) is 13.9. The van der Waals surface area contributed by atoms with Gasteiger partial charge in [-0.25, -0.2) is 4.79 Å². The number of anilines is 2. The minimum absolute atomic E-state index is 0.144. The van der Waals surface area contributed by atoms with Crippen LogP contribution < -0.4 is 15.5 Å². The topological polar surface area (TPSA) is 64.7 Å². The third-order valence-corrected chi connectivity index (χ3v) is 5.91. The standard InChI is InChI=1S/C26H36N4O2/c1-5-23(20-10-8-7-9-11-20)25(31)30(17-19-12-13-19)18-21-16-22(28-26(32)27-6-2)14-15-24(21)29(3)4/h7-11,14-16,19,23H,5-6,12-13,17-18H2,1-4H3,(H2,27,28,32). The first-order chi connectivity index (χ1) is 15.4. The minimum Gasteiger partial charge on any atom is -0.377 e. The Hall–Kier alpha value is -3.02. The summed E-state index contributed by atoms with van der Waals surface area (Å²) in [4.78, 5) is 29.8. The fraction of sp³-hybridized carbons (Fsp3) is 0.462. The van der Waals surface area contributed by atoms with Gasteiger partial charge in [0.25, 0.3) is 0 Å². The van der Waals surface area contributed by atoms with E-state index in [1.165, 1.54) is 12.8 Å². The number of hydrogen-bond acceptors (Lipinski definition) is 3. The lowest BCUT2D eigenvalue weighted by Gasteiger charge is -2.29. The van der Waals surface area contributed by atoms with Crippen LogP contribution in [0.2, 0.25) is 0 Å². The van der Waals surface area contributed by atoms with Gasteiger partial charge in [0.05, 0.1) is 5.92 Å². The molecule has 2 N–H and O–H groups in total.